The maximum atomic E-state index is 13.2. The van der Waals surface area contributed by atoms with Crippen LogP contribution in [0.25, 0.3) is 0 Å². The molecule has 7 heteroatoms. The van der Waals surface area contributed by atoms with E-state index in [9.17, 15) is 17.3 Å². The first-order chi connectivity index (χ1) is 7.84. The van der Waals surface area contributed by atoms with E-state index in [-0.39, 0.29) is 6.61 Å². The molecule has 0 aliphatic rings. The zero-order valence-corrected chi connectivity index (χ0v) is 9.65. The molecule has 17 heavy (non-hydrogen) atoms. The molecule has 0 N–H and O–H groups in total. The van der Waals surface area contributed by atoms with Gasteiger partial charge in [0.2, 0.25) is 0 Å². The van der Waals surface area contributed by atoms with Crippen LogP contribution in [0.4, 0.5) is 17.3 Å². The van der Waals surface area contributed by atoms with Crippen molar-refractivity contribution in [3.05, 3.63) is 35.1 Å². The van der Waals surface area contributed by atoms with Crippen LogP contribution in [-0.4, -0.2) is 13.6 Å². The molecule has 1 nitrogen and oxygen atoms in total. The van der Waals surface area contributed by atoms with Crippen LogP contribution in [0.5, 0.6) is 5.75 Å². The van der Waals surface area contributed by atoms with Gasteiger partial charge in [-0.3, -0.25) is 0 Å². The lowest BCUT2D eigenvalue weighted by molar-refractivity contribution is 0.332. The van der Waals surface area contributed by atoms with Gasteiger partial charge >= 0.3 is 6.98 Å². The second-order valence-electron chi connectivity index (χ2n) is 3.51. The topological polar surface area (TPSA) is 9.23 Å². The van der Waals surface area contributed by atoms with E-state index in [0.29, 0.717) is 17.7 Å². The summed E-state index contributed by atoms with van der Waals surface area (Å²) in [5, 5.41) is 0. The summed E-state index contributed by atoms with van der Waals surface area (Å²) in [6, 6.07) is 2.07. The molecule has 0 saturated carbocycles. The number of rotatable bonds is 4. The summed E-state index contributed by atoms with van der Waals surface area (Å²) in [6.07, 6.45) is 0. The highest BCUT2D eigenvalue weighted by atomic mass is 35.5. The molecule has 1 aromatic rings. The Labute approximate surface area is 101 Å². The smallest absolute Gasteiger partial charge is 0.486 e. The number of hydrogen-bond donors (Lipinski definition) is 0. The number of halogens is 5. The van der Waals surface area contributed by atoms with Crippen molar-refractivity contribution in [1.82, 2.24) is 0 Å². The Balaban J connectivity index is 2.91. The molecule has 1 rings (SSSR count). The van der Waals surface area contributed by atoms with E-state index in [1.807, 2.05) is 0 Å². The van der Waals surface area contributed by atoms with Gasteiger partial charge in [-0.1, -0.05) is 17.7 Å². The van der Waals surface area contributed by atoms with Gasteiger partial charge in [0.25, 0.3) is 0 Å². The Morgan fingerprint density at radius 3 is 2.59 bits per heavy atom. The molecule has 0 radical (unpaired) electrons. The van der Waals surface area contributed by atoms with Crippen LogP contribution in [0.15, 0.2) is 29.3 Å². The standard InChI is InChI=1S/C10H9BClF4O/c1-7(5-12)6-17-10-4-8(11(14,15)16)2-3-9(10)13/h2-5H,6H2,1H3/q-1/b7-5-. The van der Waals surface area contributed by atoms with E-state index in [4.69, 9.17) is 16.3 Å². The lowest BCUT2D eigenvalue weighted by Gasteiger charge is -2.16. The quantitative estimate of drug-likeness (QED) is 0.600. The summed E-state index contributed by atoms with van der Waals surface area (Å²) < 4.78 is 55.3. The molecule has 0 heterocycles. The summed E-state index contributed by atoms with van der Waals surface area (Å²) >= 11 is 5.35. The second-order valence-corrected chi connectivity index (χ2v) is 3.73. The van der Waals surface area contributed by atoms with Crippen LogP contribution in [0, 0.1) is 5.82 Å². The van der Waals surface area contributed by atoms with Gasteiger partial charge in [0, 0.05) is 5.54 Å². The molecule has 1 aromatic carbocycles. The van der Waals surface area contributed by atoms with Crippen LogP contribution in [0.2, 0.25) is 0 Å². The first-order valence-corrected chi connectivity index (χ1v) is 5.16. The van der Waals surface area contributed by atoms with Crippen LogP contribution in [0.1, 0.15) is 6.92 Å². The molecule has 0 aromatic heterocycles. The summed E-state index contributed by atoms with van der Waals surface area (Å²) in [5.41, 5.74) is 0.901. The normalized spacial score (nSPS) is 12.7. The van der Waals surface area contributed by atoms with Gasteiger partial charge < -0.3 is 17.7 Å². The minimum atomic E-state index is -5.16. The van der Waals surface area contributed by atoms with Crippen LogP contribution in [0.3, 0.4) is 0 Å². The third kappa shape index (κ3) is 3.96. The third-order valence-corrected chi connectivity index (χ3v) is 2.35. The Kier molecular flexibility index (Phi) is 4.45. The van der Waals surface area contributed by atoms with Gasteiger partial charge in [-0.2, -0.15) is 0 Å². The summed E-state index contributed by atoms with van der Waals surface area (Å²) in [4.78, 5) is 0. The third-order valence-electron chi connectivity index (χ3n) is 1.97. The van der Waals surface area contributed by atoms with E-state index in [1.165, 1.54) is 5.54 Å². The second kappa shape index (κ2) is 5.45. The van der Waals surface area contributed by atoms with Gasteiger partial charge in [0.1, 0.15) is 6.61 Å². The summed E-state index contributed by atoms with van der Waals surface area (Å²) in [7, 11) is 0. The van der Waals surface area contributed by atoms with Crippen molar-refractivity contribution in [3.63, 3.8) is 0 Å². The molecular weight excluding hydrogens is 258 g/mol. The zero-order chi connectivity index (χ0) is 13.1. The van der Waals surface area contributed by atoms with Gasteiger partial charge in [-0.25, -0.2) is 4.39 Å². The SMILES string of the molecule is C/C(=C/Cl)COc1cc([B-](F)(F)F)ccc1F. The molecule has 0 unspecified atom stereocenters. The molecular formula is C10H9BClF4O-. The minimum Gasteiger partial charge on any atom is -0.486 e. The Bertz CT molecular complexity index is 431. The Morgan fingerprint density at radius 1 is 1.41 bits per heavy atom. The number of benzene rings is 1. The fourth-order valence-electron chi connectivity index (χ4n) is 1.06. The highest BCUT2D eigenvalue weighted by Crippen LogP contribution is 2.19. The van der Waals surface area contributed by atoms with E-state index in [2.05, 4.69) is 0 Å². The maximum absolute atomic E-state index is 13.2. The predicted octanol–water partition coefficient (Wildman–Crippen LogP) is 3.40. The molecule has 94 valence electrons. The van der Waals surface area contributed by atoms with Crippen molar-refractivity contribution >= 4 is 24.0 Å². The van der Waals surface area contributed by atoms with E-state index in [0.717, 1.165) is 6.07 Å². The average molecular weight is 267 g/mol. The highest BCUT2D eigenvalue weighted by molar-refractivity contribution is 6.73. The molecule has 0 amide bonds. The fraction of sp³-hybridized carbons (Fsp3) is 0.200. The van der Waals surface area contributed by atoms with Crippen molar-refractivity contribution in [2.75, 3.05) is 6.61 Å². The number of ether oxygens (including phenoxy) is 1. The molecule has 0 spiro atoms. The Hall–Kier alpha value is -1.17. The maximum Gasteiger partial charge on any atom is 0.509 e. The lowest BCUT2D eigenvalue weighted by Crippen LogP contribution is -2.34. The predicted molar refractivity (Wildman–Crippen MR) is 60.2 cm³/mol. The van der Waals surface area contributed by atoms with Gasteiger partial charge in [0.05, 0.1) is 0 Å². The zero-order valence-electron chi connectivity index (χ0n) is 8.89. The molecule has 0 fully saturated rings. The first kappa shape index (κ1) is 13.9. The summed E-state index contributed by atoms with van der Waals surface area (Å²) in [6.45, 7) is -3.61. The fourth-order valence-corrected chi connectivity index (χ4v) is 1.12. The van der Waals surface area contributed by atoms with Gasteiger partial charge in [-0.15, -0.1) is 5.46 Å². The lowest BCUT2D eigenvalue weighted by atomic mass is 9.80. The molecule has 0 bridgehead atoms. The molecule has 0 saturated heterocycles. The van der Waals surface area contributed by atoms with Crippen molar-refractivity contribution in [2.24, 2.45) is 0 Å². The highest BCUT2D eigenvalue weighted by Gasteiger charge is 2.26. The molecule has 0 aliphatic carbocycles. The van der Waals surface area contributed by atoms with Crippen molar-refractivity contribution in [2.45, 2.75) is 6.92 Å². The summed E-state index contributed by atoms with van der Waals surface area (Å²) in [5.74, 6) is -1.27. The largest absolute Gasteiger partial charge is 0.509 e. The minimum absolute atomic E-state index is 0.0608. The van der Waals surface area contributed by atoms with Crippen LogP contribution in [-0.2, 0) is 0 Å². The van der Waals surface area contributed by atoms with Crippen molar-refractivity contribution < 1.29 is 22.1 Å². The number of hydrogen-bond acceptors (Lipinski definition) is 1. The van der Waals surface area contributed by atoms with Gasteiger partial charge in [-0.05, 0) is 24.6 Å². The van der Waals surface area contributed by atoms with Crippen molar-refractivity contribution in [3.8, 4) is 5.75 Å². The average Bonchev–Trinajstić information content (AvgIpc) is 2.26. The monoisotopic (exact) mass is 267 g/mol. The van der Waals surface area contributed by atoms with Crippen molar-refractivity contribution in [1.29, 1.82) is 0 Å². The molecule has 0 atom stereocenters. The van der Waals surface area contributed by atoms with E-state index >= 15 is 0 Å². The van der Waals surface area contributed by atoms with Crippen LogP contribution >= 0.6 is 11.6 Å². The Morgan fingerprint density at radius 2 is 2.06 bits per heavy atom. The van der Waals surface area contributed by atoms with E-state index < -0.39 is 24.0 Å². The van der Waals surface area contributed by atoms with Gasteiger partial charge in [0.15, 0.2) is 11.6 Å². The van der Waals surface area contributed by atoms with E-state index in [1.54, 1.807) is 6.92 Å². The first-order valence-electron chi connectivity index (χ1n) is 4.72. The molecule has 0 aliphatic heterocycles. The van der Waals surface area contributed by atoms with Crippen LogP contribution < -0.4 is 10.2 Å².